The number of halogens is 4. The second-order valence-corrected chi connectivity index (χ2v) is 11.0. The second-order valence-electron chi connectivity index (χ2n) is 10.6. The zero-order valence-electron chi connectivity index (χ0n) is 20.3. The third kappa shape index (κ3) is 5.26. The fourth-order valence-corrected chi connectivity index (χ4v) is 5.87. The Hall–Kier alpha value is -1.99. The highest BCUT2D eigenvalue weighted by molar-refractivity contribution is 6.37. The molecule has 0 radical (unpaired) electrons. The zero-order valence-corrected chi connectivity index (χ0v) is 21.0. The number of carboxylic acid groups (broad SMARTS) is 1. The van der Waals surface area contributed by atoms with E-state index in [2.05, 4.69) is 18.3 Å². The number of rotatable bonds is 7. The Morgan fingerprint density at radius 1 is 1.20 bits per heavy atom. The van der Waals surface area contributed by atoms with Crippen LogP contribution in [-0.2, 0) is 4.79 Å². The van der Waals surface area contributed by atoms with E-state index in [1.54, 1.807) is 6.07 Å². The largest absolute Gasteiger partial charge is 0.489 e. The summed E-state index contributed by atoms with van der Waals surface area (Å²) < 4.78 is 45.0. The van der Waals surface area contributed by atoms with E-state index < -0.39 is 18.1 Å². The molecule has 4 nitrogen and oxygen atoms in total. The number of nitrogens with one attached hydrogen (secondary N) is 1. The van der Waals surface area contributed by atoms with Gasteiger partial charge >= 0.3 is 12.1 Å². The van der Waals surface area contributed by atoms with Gasteiger partial charge in [-0.25, -0.2) is 0 Å². The Balaban J connectivity index is 1.49. The molecule has 2 aliphatic rings. The van der Waals surface area contributed by atoms with Crippen LogP contribution in [0.15, 0.2) is 30.3 Å². The lowest BCUT2D eigenvalue weighted by atomic mass is 9.58. The van der Waals surface area contributed by atoms with Crippen LogP contribution >= 0.6 is 11.6 Å². The van der Waals surface area contributed by atoms with Crippen LogP contribution in [-0.4, -0.2) is 29.4 Å². The highest BCUT2D eigenvalue weighted by atomic mass is 35.5. The van der Waals surface area contributed by atoms with Crippen molar-refractivity contribution in [2.75, 3.05) is 0 Å². The maximum Gasteiger partial charge on any atom is 0.391 e. The van der Waals surface area contributed by atoms with E-state index in [-0.39, 0.29) is 42.4 Å². The van der Waals surface area contributed by atoms with E-state index in [4.69, 9.17) is 16.3 Å². The molecule has 2 aliphatic carbocycles. The van der Waals surface area contributed by atoms with E-state index in [9.17, 15) is 23.1 Å². The van der Waals surface area contributed by atoms with Gasteiger partial charge in [-0.05, 0) is 67.0 Å². The van der Waals surface area contributed by atoms with Gasteiger partial charge in [0.2, 0.25) is 0 Å². The lowest BCUT2D eigenvalue weighted by Gasteiger charge is -2.51. The number of carboxylic acids is 1. The molecular weight excluding hydrogens is 479 g/mol. The van der Waals surface area contributed by atoms with E-state index in [0.717, 1.165) is 22.8 Å². The number of benzene rings is 2. The van der Waals surface area contributed by atoms with Crippen LogP contribution in [0.25, 0.3) is 10.8 Å². The van der Waals surface area contributed by atoms with Gasteiger partial charge in [-0.2, -0.15) is 13.2 Å². The summed E-state index contributed by atoms with van der Waals surface area (Å²) in [5.41, 5.74) is 0.721. The average Bonchev–Trinajstić information content (AvgIpc) is 2.80. The molecule has 0 spiro atoms. The molecule has 0 aliphatic heterocycles. The molecule has 35 heavy (non-hydrogen) atoms. The first kappa shape index (κ1) is 26.1. The first-order chi connectivity index (χ1) is 16.4. The molecule has 0 amide bonds. The molecule has 0 aromatic heterocycles. The van der Waals surface area contributed by atoms with Crippen molar-refractivity contribution in [3.63, 3.8) is 0 Å². The predicted octanol–water partition coefficient (Wildman–Crippen LogP) is 7.53. The summed E-state index contributed by atoms with van der Waals surface area (Å²) in [5, 5.41) is 15.3. The lowest BCUT2D eigenvalue weighted by Crippen LogP contribution is -2.59. The van der Waals surface area contributed by atoms with E-state index >= 15 is 0 Å². The third-order valence-corrected chi connectivity index (χ3v) is 8.54. The molecule has 2 saturated carbocycles. The van der Waals surface area contributed by atoms with Crippen molar-refractivity contribution in [1.29, 1.82) is 0 Å². The molecule has 2 aromatic rings. The van der Waals surface area contributed by atoms with Crippen molar-refractivity contribution < 1.29 is 27.8 Å². The number of aliphatic carboxylic acids is 1. The molecule has 0 bridgehead atoms. The highest BCUT2D eigenvalue weighted by Crippen LogP contribution is 2.47. The van der Waals surface area contributed by atoms with Crippen LogP contribution in [0.2, 0.25) is 5.02 Å². The summed E-state index contributed by atoms with van der Waals surface area (Å²) in [4.78, 5) is 11.5. The van der Waals surface area contributed by atoms with Crippen LogP contribution in [0.5, 0.6) is 5.75 Å². The van der Waals surface area contributed by atoms with Gasteiger partial charge in [0.25, 0.3) is 0 Å². The number of hydrogen-bond acceptors (Lipinski definition) is 3. The molecule has 1 unspecified atom stereocenters. The predicted molar refractivity (Wildman–Crippen MR) is 131 cm³/mol. The van der Waals surface area contributed by atoms with Gasteiger partial charge in [-0.1, -0.05) is 50.6 Å². The summed E-state index contributed by atoms with van der Waals surface area (Å²) in [6.07, 6.45) is -2.13. The summed E-state index contributed by atoms with van der Waals surface area (Å²) in [7, 11) is 0. The van der Waals surface area contributed by atoms with Crippen molar-refractivity contribution >= 4 is 28.3 Å². The van der Waals surface area contributed by atoms with Crippen molar-refractivity contribution in [2.24, 2.45) is 17.3 Å². The lowest BCUT2D eigenvalue weighted by molar-refractivity contribution is -0.185. The van der Waals surface area contributed by atoms with E-state index in [0.29, 0.717) is 30.0 Å². The van der Waals surface area contributed by atoms with E-state index in [1.165, 1.54) is 0 Å². The van der Waals surface area contributed by atoms with Crippen LogP contribution in [0, 0.1) is 17.3 Å². The van der Waals surface area contributed by atoms with Gasteiger partial charge in [-0.3, -0.25) is 4.79 Å². The fourth-order valence-electron chi connectivity index (χ4n) is 5.60. The van der Waals surface area contributed by atoms with Crippen LogP contribution in [0.4, 0.5) is 13.2 Å². The summed E-state index contributed by atoms with van der Waals surface area (Å²) in [6, 6.07) is 9.94. The van der Waals surface area contributed by atoms with Crippen molar-refractivity contribution in [3.8, 4) is 5.75 Å². The molecular formula is C27H33ClF3NO3. The molecule has 4 rings (SSSR count). The topological polar surface area (TPSA) is 58.6 Å². The summed E-state index contributed by atoms with van der Waals surface area (Å²) in [5.74, 6) is -1.86. The van der Waals surface area contributed by atoms with Crippen molar-refractivity contribution in [3.05, 3.63) is 40.9 Å². The van der Waals surface area contributed by atoms with Crippen LogP contribution < -0.4 is 10.1 Å². The van der Waals surface area contributed by atoms with Gasteiger partial charge < -0.3 is 15.2 Å². The van der Waals surface area contributed by atoms with Crippen molar-refractivity contribution in [1.82, 2.24) is 5.32 Å². The first-order valence-corrected chi connectivity index (χ1v) is 12.7. The molecule has 2 fully saturated rings. The SMILES string of the molecule is CCC(N[C@H]1C[C@@H](C(=O)O)C1(C)C)c1ccc2ccc(O[C@H]3CC[C@@H](C(F)(F)F)CC3)c(Cl)c2c1. The minimum Gasteiger partial charge on any atom is -0.489 e. The Morgan fingerprint density at radius 2 is 1.86 bits per heavy atom. The Morgan fingerprint density at radius 3 is 2.43 bits per heavy atom. The summed E-state index contributed by atoms with van der Waals surface area (Å²) in [6.45, 7) is 6.06. The standard InChI is InChI=1S/C27H33ClF3NO3/c1-4-21(32-23-14-20(25(33)34)26(23,2)3)16-6-5-15-7-12-22(24(28)19(15)13-16)35-18-10-8-17(9-11-18)27(29,30)31/h5-7,12-13,17-18,20-21,23,32H,4,8-11,14H2,1-3H3,(H,33,34)/t17-,18+,20-,21?,23-/m0/s1. The minimum absolute atomic E-state index is 0.0386. The van der Waals surface area contributed by atoms with E-state index in [1.807, 2.05) is 32.0 Å². The number of alkyl halides is 3. The summed E-state index contributed by atoms with van der Waals surface area (Å²) >= 11 is 6.73. The number of hydrogen-bond donors (Lipinski definition) is 2. The molecule has 8 heteroatoms. The molecule has 2 N–H and O–H groups in total. The smallest absolute Gasteiger partial charge is 0.391 e. The Labute approximate surface area is 209 Å². The minimum atomic E-state index is -4.14. The monoisotopic (exact) mass is 511 g/mol. The highest BCUT2D eigenvalue weighted by Gasteiger charge is 2.52. The second kappa shape index (κ2) is 9.81. The first-order valence-electron chi connectivity index (χ1n) is 12.4. The zero-order chi connectivity index (χ0) is 25.5. The van der Waals surface area contributed by atoms with Crippen LogP contribution in [0.1, 0.15) is 70.9 Å². The van der Waals surface area contributed by atoms with Crippen LogP contribution in [0.3, 0.4) is 0 Å². The molecule has 0 heterocycles. The normalized spacial score (nSPS) is 27.3. The van der Waals surface area contributed by atoms with Crippen molar-refractivity contribution in [2.45, 2.75) is 83.7 Å². The quantitative estimate of drug-likeness (QED) is 0.403. The third-order valence-electron chi connectivity index (χ3n) is 8.15. The molecule has 2 aromatic carbocycles. The average molecular weight is 512 g/mol. The number of fused-ring (bicyclic) bond motifs is 1. The van der Waals surface area contributed by atoms with Gasteiger partial charge in [0.1, 0.15) is 5.75 Å². The maximum absolute atomic E-state index is 13.0. The molecule has 192 valence electrons. The maximum atomic E-state index is 13.0. The molecule has 3 atom stereocenters. The van der Waals surface area contributed by atoms with Gasteiger partial charge in [-0.15, -0.1) is 0 Å². The Kier molecular flexibility index (Phi) is 7.31. The number of ether oxygens (including phenoxy) is 1. The molecule has 0 saturated heterocycles. The fraction of sp³-hybridized carbons (Fsp3) is 0.593. The van der Waals surface area contributed by atoms with Gasteiger partial charge in [0.05, 0.1) is 23.0 Å². The van der Waals surface area contributed by atoms with Gasteiger partial charge in [0, 0.05) is 17.5 Å². The number of carbonyl (C=O) groups is 1. The van der Waals surface area contributed by atoms with Gasteiger partial charge in [0.15, 0.2) is 0 Å². The Bertz CT molecular complexity index is 1080.